The molecule has 0 saturated carbocycles. The minimum atomic E-state index is -0.472. The maximum atomic E-state index is 12.3. The SMILES string of the molecule is O=C(OCc1ccc([N+](=O)[O-])cc1)C1CCN(C(=O)/C=C/c2ccccc2)CC1. The lowest BCUT2D eigenvalue weighted by molar-refractivity contribution is -0.384. The number of esters is 1. The molecule has 0 radical (unpaired) electrons. The van der Waals surface area contributed by atoms with Crippen molar-refractivity contribution in [2.45, 2.75) is 19.4 Å². The van der Waals surface area contributed by atoms with E-state index in [9.17, 15) is 19.7 Å². The smallest absolute Gasteiger partial charge is 0.309 e. The van der Waals surface area contributed by atoms with Crippen LogP contribution in [0.3, 0.4) is 0 Å². The van der Waals surface area contributed by atoms with E-state index in [4.69, 9.17) is 4.74 Å². The van der Waals surface area contributed by atoms with E-state index in [1.165, 1.54) is 12.1 Å². The van der Waals surface area contributed by atoms with Crippen LogP contribution in [-0.4, -0.2) is 34.8 Å². The molecule has 3 rings (SSSR count). The lowest BCUT2D eigenvalue weighted by Crippen LogP contribution is -2.39. The standard InChI is InChI=1S/C22H22N2O5/c25-21(11-8-17-4-2-1-3-5-17)23-14-12-19(13-15-23)22(26)29-16-18-6-9-20(10-7-18)24(27)28/h1-11,19H,12-16H2/b11-8+. The number of non-ortho nitro benzene ring substituents is 1. The van der Waals surface area contributed by atoms with Gasteiger partial charge in [0, 0.05) is 31.3 Å². The van der Waals surface area contributed by atoms with Crippen LogP contribution in [0.15, 0.2) is 60.7 Å². The highest BCUT2D eigenvalue weighted by Crippen LogP contribution is 2.20. The first-order valence-electron chi connectivity index (χ1n) is 9.45. The predicted molar refractivity (Wildman–Crippen MR) is 108 cm³/mol. The Bertz CT molecular complexity index is 885. The van der Waals surface area contributed by atoms with Crippen molar-refractivity contribution in [3.05, 3.63) is 81.9 Å². The Morgan fingerprint density at radius 1 is 1.07 bits per heavy atom. The van der Waals surface area contributed by atoms with Crippen LogP contribution in [0.1, 0.15) is 24.0 Å². The quantitative estimate of drug-likeness (QED) is 0.323. The Morgan fingerprint density at radius 3 is 2.34 bits per heavy atom. The summed E-state index contributed by atoms with van der Waals surface area (Å²) in [5.74, 6) is -0.600. The number of amides is 1. The number of hydrogen-bond donors (Lipinski definition) is 0. The van der Waals surface area contributed by atoms with Gasteiger partial charge in [0.05, 0.1) is 10.8 Å². The third-order valence-electron chi connectivity index (χ3n) is 4.89. The molecule has 7 nitrogen and oxygen atoms in total. The van der Waals surface area contributed by atoms with E-state index in [0.29, 0.717) is 31.5 Å². The number of nitro benzene ring substituents is 1. The van der Waals surface area contributed by atoms with Gasteiger partial charge in [-0.25, -0.2) is 0 Å². The van der Waals surface area contributed by atoms with Gasteiger partial charge >= 0.3 is 5.97 Å². The number of nitro groups is 1. The van der Waals surface area contributed by atoms with Crippen molar-refractivity contribution in [3.63, 3.8) is 0 Å². The number of ether oxygens (including phenoxy) is 1. The van der Waals surface area contributed by atoms with Crippen LogP contribution in [0.5, 0.6) is 0 Å². The number of carbonyl (C=O) groups excluding carboxylic acids is 2. The van der Waals surface area contributed by atoms with Crippen LogP contribution in [0.2, 0.25) is 0 Å². The minimum absolute atomic E-state index is 0.00145. The van der Waals surface area contributed by atoms with Crippen LogP contribution in [0.4, 0.5) is 5.69 Å². The fourth-order valence-corrected chi connectivity index (χ4v) is 3.16. The molecule has 0 aromatic heterocycles. The highest BCUT2D eigenvalue weighted by atomic mass is 16.6. The first-order valence-corrected chi connectivity index (χ1v) is 9.45. The second-order valence-corrected chi connectivity index (χ2v) is 6.87. The van der Waals surface area contributed by atoms with Crippen LogP contribution >= 0.6 is 0 Å². The molecule has 150 valence electrons. The summed E-state index contributed by atoms with van der Waals surface area (Å²) < 4.78 is 5.34. The maximum absolute atomic E-state index is 12.3. The highest BCUT2D eigenvalue weighted by molar-refractivity contribution is 5.92. The largest absolute Gasteiger partial charge is 0.461 e. The van der Waals surface area contributed by atoms with Gasteiger partial charge in [0.15, 0.2) is 0 Å². The molecule has 2 aromatic rings. The lowest BCUT2D eigenvalue weighted by atomic mass is 9.97. The van der Waals surface area contributed by atoms with Crippen molar-refractivity contribution in [3.8, 4) is 0 Å². The van der Waals surface area contributed by atoms with Gasteiger partial charge in [-0.2, -0.15) is 0 Å². The first-order chi connectivity index (χ1) is 14.0. The molecule has 1 aliphatic rings. The number of hydrogen-bond acceptors (Lipinski definition) is 5. The van der Waals surface area contributed by atoms with Crippen molar-refractivity contribution < 1.29 is 19.2 Å². The van der Waals surface area contributed by atoms with Gasteiger partial charge in [-0.1, -0.05) is 30.3 Å². The van der Waals surface area contributed by atoms with Gasteiger partial charge in [-0.15, -0.1) is 0 Å². The number of likely N-dealkylation sites (tertiary alicyclic amines) is 1. The third-order valence-corrected chi connectivity index (χ3v) is 4.89. The molecular formula is C22H22N2O5. The average molecular weight is 394 g/mol. The Kier molecular flexibility index (Phi) is 6.73. The van der Waals surface area contributed by atoms with Gasteiger partial charge in [0.2, 0.25) is 5.91 Å². The normalized spacial score (nSPS) is 14.7. The predicted octanol–water partition coefficient (Wildman–Crippen LogP) is 3.59. The summed E-state index contributed by atoms with van der Waals surface area (Å²) in [5, 5.41) is 10.7. The van der Waals surface area contributed by atoms with Crippen molar-refractivity contribution in [1.82, 2.24) is 4.90 Å². The number of piperidine rings is 1. The molecule has 7 heteroatoms. The zero-order valence-electron chi connectivity index (χ0n) is 15.9. The fraction of sp³-hybridized carbons (Fsp3) is 0.273. The highest BCUT2D eigenvalue weighted by Gasteiger charge is 2.27. The molecule has 0 bridgehead atoms. The summed E-state index contributed by atoms with van der Waals surface area (Å²) in [5.41, 5.74) is 1.66. The van der Waals surface area contributed by atoms with Crippen LogP contribution < -0.4 is 0 Å². The molecule has 0 unspecified atom stereocenters. The van der Waals surface area contributed by atoms with Crippen molar-refractivity contribution in [2.24, 2.45) is 5.92 Å². The summed E-state index contributed by atoms with van der Waals surface area (Å²) in [7, 11) is 0. The van der Waals surface area contributed by atoms with E-state index >= 15 is 0 Å². The molecule has 1 heterocycles. The molecule has 2 aromatic carbocycles. The van der Waals surface area contributed by atoms with Crippen molar-refractivity contribution in [2.75, 3.05) is 13.1 Å². The Hall–Kier alpha value is -3.48. The molecule has 0 atom stereocenters. The van der Waals surface area contributed by atoms with Crippen LogP contribution in [0, 0.1) is 16.0 Å². The van der Waals surface area contributed by atoms with E-state index < -0.39 is 4.92 Å². The number of benzene rings is 2. The Morgan fingerprint density at radius 2 is 1.72 bits per heavy atom. The second-order valence-electron chi connectivity index (χ2n) is 6.87. The van der Waals surface area contributed by atoms with Gasteiger partial charge in [-0.3, -0.25) is 19.7 Å². The zero-order chi connectivity index (χ0) is 20.6. The van der Waals surface area contributed by atoms with E-state index in [-0.39, 0.29) is 30.1 Å². The van der Waals surface area contributed by atoms with E-state index in [1.807, 2.05) is 30.3 Å². The molecule has 1 aliphatic heterocycles. The topological polar surface area (TPSA) is 89.8 Å². The number of nitrogens with zero attached hydrogens (tertiary/aromatic N) is 2. The Balaban J connectivity index is 1.43. The summed E-state index contributed by atoms with van der Waals surface area (Å²) in [6.07, 6.45) is 4.46. The molecule has 0 aliphatic carbocycles. The van der Waals surface area contributed by atoms with Crippen molar-refractivity contribution >= 4 is 23.6 Å². The molecule has 0 N–H and O–H groups in total. The zero-order valence-corrected chi connectivity index (χ0v) is 15.9. The van der Waals surface area contributed by atoms with Gasteiger partial charge in [0.25, 0.3) is 5.69 Å². The lowest BCUT2D eigenvalue weighted by Gasteiger charge is -2.30. The average Bonchev–Trinajstić information content (AvgIpc) is 2.77. The second kappa shape index (κ2) is 9.64. The van der Waals surface area contributed by atoms with Crippen molar-refractivity contribution in [1.29, 1.82) is 0 Å². The monoisotopic (exact) mass is 394 g/mol. The molecule has 0 spiro atoms. The summed E-state index contributed by atoms with van der Waals surface area (Å²) in [6, 6.07) is 15.5. The van der Waals surface area contributed by atoms with E-state index in [0.717, 1.165) is 5.56 Å². The molecule has 1 saturated heterocycles. The van der Waals surface area contributed by atoms with E-state index in [1.54, 1.807) is 29.2 Å². The van der Waals surface area contributed by atoms with Gasteiger partial charge in [0.1, 0.15) is 6.61 Å². The maximum Gasteiger partial charge on any atom is 0.309 e. The molecule has 1 amide bonds. The van der Waals surface area contributed by atoms with Crippen LogP contribution in [-0.2, 0) is 20.9 Å². The van der Waals surface area contributed by atoms with Gasteiger partial charge < -0.3 is 9.64 Å². The fourth-order valence-electron chi connectivity index (χ4n) is 3.16. The van der Waals surface area contributed by atoms with Gasteiger partial charge in [-0.05, 0) is 42.2 Å². The molecule has 1 fully saturated rings. The number of carbonyl (C=O) groups is 2. The minimum Gasteiger partial charge on any atom is -0.461 e. The van der Waals surface area contributed by atoms with E-state index in [2.05, 4.69) is 0 Å². The molecular weight excluding hydrogens is 372 g/mol. The molecule has 29 heavy (non-hydrogen) atoms. The summed E-state index contributed by atoms with van der Waals surface area (Å²) in [4.78, 5) is 36.5. The third kappa shape index (κ3) is 5.75. The number of rotatable bonds is 6. The summed E-state index contributed by atoms with van der Waals surface area (Å²) in [6.45, 7) is 1.10. The summed E-state index contributed by atoms with van der Waals surface area (Å²) >= 11 is 0. The van der Waals surface area contributed by atoms with Crippen LogP contribution in [0.25, 0.3) is 6.08 Å². The first kappa shape index (κ1) is 20.3. The Labute approximate surface area is 168 Å².